The fourth-order valence-electron chi connectivity index (χ4n) is 2.53. The molecule has 0 atom stereocenters. The van der Waals surface area contributed by atoms with Crippen molar-refractivity contribution in [1.82, 2.24) is 0 Å². The average Bonchev–Trinajstić information content (AvgIpc) is 2.51. The molecule has 0 aromatic heterocycles. The van der Waals surface area contributed by atoms with Crippen LogP contribution in [0.4, 0.5) is 11.4 Å². The fraction of sp³-hybridized carbons (Fsp3) is 0.294. The van der Waals surface area contributed by atoms with Crippen molar-refractivity contribution >= 4 is 21.4 Å². The van der Waals surface area contributed by atoms with Crippen LogP contribution in [0.25, 0.3) is 0 Å². The van der Waals surface area contributed by atoms with Crippen LogP contribution in [0.1, 0.15) is 23.6 Å². The summed E-state index contributed by atoms with van der Waals surface area (Å²) in [5, 5.41) is 11.1. The van der Waals surface area contributed by atoms with Gasteiger partial charge in [-0.1, -0.05) is 18.2 Å². The van der Waals surface area contributed by atoms with E-state index in [1.165, 1.54) is 16.4 Å². The minimum Gasteiger partial charge on any atom is -0.266 e. The second-order valence-electron chi connectivity index (χ2n) is 5.67. The summed E-state index contributed by atoms with van der Waals surface area (Å²) in [7, 11) is -3.89. The highest BCUT2D eigenvalue weighted by atomic mass is 32.2. The summed E-state index contributed by atoms with van der Waals surface area (Å²) in [5.74, 6) is 0. The van der Waals surface area contributed by atoms with E-state index in [1.807, 2.05) is 26.0 Å². The van der Waals surface area contributed by atoms with E-state index in [0.717, 1.165) is 17.2 Å². The monoisotopic (exact) mass is 348 g/mol. The Morgan fingerprint density at radius 2 is 1.67 bits per heavy atom. The lowest BCUT2D eigenvalue weighted by Crippen LogP contribution is -2.31. The summed E-state index contributed by atoms with van der Waals surface area (Å²) in [4.78, 5) is 10.5. The molecular formula is C17H20N2O4S. The van der Waals surface area contributed by atoms with Gasteiger partial charge >= 0.3 is 0 Å². The molecular weight excluding hydrogens is 328 g/mol. The minimum absolute atomic E-state index is 0.0810. The van der Waals surface area contributed by atoms with Gasteiger partial charge in [0.1, 0.15) is 0 Å². The summed E-state index contributed by atoms with van der Waals surface area (Å²) in [6.45, 7) is 7.28. The normalized spacial score (nSPS) is 11.3. The number of hydrogen-bond acceptors (Lipinski definition) is 4. The molecule has 0 saturated carbocycles. The molecule has 0 bridgehead atoms. The van der Waals surface area contributed by atoms with Crippen LogP contribution in [-0.4, -0.2) is 19.9 Å². The number of anilines is 1. The third-order valence-corrected chi connectivity index (χ3v) is 5.77. The van der Waals surface area contributed by atoms with Crippen molar-refractivity contribution in [3.63, 3.8) is 0 Å². The van der Waals surface area contributed by atoms with E-state index in [2.05, 4.69) is 0 Å². The number of nitro groups is 1. The molecule has 2 aromatic rings. The van der Waals surface area contributed by atoms with E-state index in [1.54, 1.807) is 19.9 Å². The Morgan fingerprint density at radius 1 is 1.04 bits per heavy atom. The summed E-state index contributed by atoms with van der Waals surface area (Å²) in [6, 6.07) is 9.57. The predicted octanol–water partition coefficient (Wildman–Crippen LogP) is 3.74. The fourth-order valence-corrected chi connectivity index (χ4v) is 4.08. The van der Waals surface area contributed by atoms with Crippen molar-refractivity contribution in [3.05, 3.63) is 63.2 Å². The Bertz CT molecular complexity index is 891. The number of benzene rings is 2. The number of nitro benzene ring substituents is 1. The number of rotatable bonds is 5. The van der Waals surface area contributed by atoms with Crippen LogP contribution in [-0.2, 0) is 10.0 Å². The average molecular weight is 348 g/mol. The van der Waals surface area contributed by atoms with Gasteiger partial charge in [-0.2, -0.15) is 0 Å². The maximum atomic E-state index is 13.0. The molecule has 0 fully saturated rings. The molecule has 0 spiro atoms. The maximum absolute atomic E-state index is 13.0. The molecule has 6 nitrogen and oxygen atoms in total. The Hall–Kier alpha value is -2.41. The molecule has 0 radical (unpaired) electrons. The lowest BCUT2D eigenvalue weighted by Gasteiger charge is -2.25. The zero-order valence-corrected chi connectivity index (χ0v) is 14.9. The predicted molar refractivity (Wildman–Crippen MR) is 94.0 cm³/mol. The zero-order valence-electron chi connectivity index (χ0n) is 14.1. The van der Waals surface area contributed by atoms with Crippen LogP contribution >= 0.6 is 0 Å². The van der Waals surface area contributed by atoms with Gasteiger partial charge in [0.25, 0.3) is 15.7 Å². The van der Waals surface area contributed by atoms with Crippen LogP contribution in [0.2, 0.25) is 0 Å². The molecule has 24 heavy (non-hydrogen) atoms. The molecule has 2 rings (SSSR count). The maximum Gasteiger partial charge on any atom is 0.273 e. The van der Waals surface area contributed by atoms with E-state index in [9.17, 15) is 18.5 Å². The first-order valence-corrected chi connectivity index (χ1v) is 8.97. The van der Waals surface area contributed by atoms with Crippen molar-refractivity contribution in [2.24, 2.45) is 0 Å². The van der Waals surface area contributed by atoms with Gasteiger partial charge in [-0.3, -0.25) is 14.4 Å². The molecule has 2 aromatic carbocycles. The van der Waals surface area contributed by atoms with E-state index in [-0.39, 0.29) is 17.1 Å². The van der Waals surface area contributed by atoms with Crippen molar-refractivity contribution < 1.29 is 13.3 Å². The second kappa shape index (κ2) is 6.60. The highest BCUT2D eigenvalue weighted by Gasteiger charge is 2.27. The smallest absolute Gasteiger partial charge is 0.266 e. The number of sulfonamides is 1. The molecule has 0 aliphatic rings. The van der Waals surface area contributed by atoms with Gasteiger partial charge in [0.05, 0.1) is 15.5 Å². The highest BCUT2D eigenvalue weighted by molar-refractivity contribution is 7.92. The number of nitrogens with zero attached hydrogens (tertiary/aromatic N) is 2. The first-order valence-electron chi connectivity index (χ1n) is 7.53. The van der Waals surface area contributed by atoms with E-state index < -0.39 is 14.9 Å². The molecule has 0 aliphatic carbocycles. The van der Waals surface area contributed by atoms with Crippen molar-refractivity contribution in [2.75, 3.05) is 10.8 Å². The molecule has 0 saturated heterocycles. The van der Waals surface area contributed by atoms with Crippen LogP contribution in [0.5, 0.6) is 0 Å². The SMILES string of the molecule is CCN(c1cc(C)ccc1C)S(=O)(=O)c1ccc(C)c([N+](=O)[O-])c1. The Labute approximate surface area is 141 Å². The van der Waals surface area contributed by atoms with Gasteiger partial charge in [-0.05, 0) is 51.0 Å². The molecule has 128 valence electrons. The lowest BCUT2D eigenvalue weighted by atomic mass is 10.1. The summed E-state index contributed by atoms with van der Waals surface area (Å²) < 4.78 is 27.3. The minimum atomic E-state index is -3.89. The van der Waals surface area contributed by atoms with Gasteiger partial charge < -0.3 is 0 Å². The van der Waals surface area contributed by atoms with Gasteiger partial charge in [0, 0.05) is 18.2 Å². The van der Waals surface area contributed by atoms with Gasteiger partial charge in [0.2, 0.25) is 0 Å². The lowest BCUT2D eigenvalue weighted by molar-refractivity contribution is -0.385. The number of aryl methyl sites for hydroxylation is 3. The van der Waals surface area contributed by atoms with Crippen LogP contribution < -0.4 is 4.31 Å². The zero-order chi connectivity index (χ0) is 18.1. The first-order chi connectivity index (χ1) is 11.2. The van der Waals surface area contributed by atoms with Gasteiger partial charge in [-0.25, -0.2) is 8.42 Å². The van der Waals surface area contributed by atoms with Gasteiger partial charge in [-0.15, -0.1) is 0 Å². The first kappa shape index (κ1) is 17.9. The Kier molecular flexibility index (Phi) is 4.94. The van der Waals surface area contributed by atoms with Crippen molar-refractivity contribution in [3.8, 4) is 0 Å². The molecule has 0 amide bonds. The number of hydrogen-bond donors (Lipinski definition) is 0. The standard InChI is InChI=1S/C17H20N2O4S/c1-5-18(16-10-12(2)6-7-13(16)3)24(22,23)15-9-8-14(4)17(11-15)19(20)21/h6-11H,5H2,1-4H3. The van der Waals surface area contributed by atoms with Crippen molar-refractivity contribution in [1.29, 1.82) is 0 Å². The topological polar surface area (TPSA) is 80.5 Å². The van der Waals surface area contributed by atoms with Crippen LogP contribution in [0.15, 0.2) is 41.3 Å². The molecule has 0 heterocycles. The Balaban J connectivity index is 2.61. The van der Waals surface area contributed by atoms with E-state index in [4.69, 9.17) is 0 Å². The molecule has 0 unspecified atom stereocenters. The second-order valence-corrected chi connectivity index (χ2v) is 7.53. The summed E-state index contributed by atoms with van der Waals surface area (Å²) in [6.07, 6.45) is 0. The third-order valence-electron chi connectivity index (χ3n) is 3.89. The molecule has 0 aliphatic heterocycles. The highest BCUT2D eigenvalue weighted by Crippen LogP contribution is 2.30. The summed E-state index contributed by atoms with van der Waals surface area (Å²) in [5.41, 5.74) is 2.58. The van der Waals surface area contributed by atoms with E-state index in [0.29, 0.717) is 11.3 Å². The largest absolute Gasteiger partial charge is 0.273 e. The van der Waals surface area contributed by atoms with Crippen LogP contribution in [0, 0.1) is 30.9 Å². The Morgan fingerprint density at radius 3 is 2.25 bits per heavy atom. The summed E-state index contributed by atoms with van der Waals surface area (Å²) >= 11 is 0. The quantitative estimate of drug-likeness (QED) is 0.609. The van der Waals surface area contributed by atoms with Crippen LogP contribution in [0.3, 0.4) is 0 Å². The van der Waals surface area contributed by atoms with Gasteiger partial charge in [0.15, 0.2) is 0 Å². The van der Waals surface area contributed by atoms with E-state index >= 15 is 0 Å². The molecule has 7 heteroatoms. The molecule has 0 N–H and O–H groups in total. The van der Waals surface area contributed by atoms with Crippen molar-refractivity contribution in [2.45, 2.75) is 32.6 Å². The third kappa shape index (κ3) is 3.26.